The SMILES string of the molecule is N#CC1(S(=O)(=O)c2cc(F)ccc2F)CCCCCC1. The number of nitriles is 1. The van der Waals surface area contributed by atoms with Gasteiger partial charge in [-0.25, -0.2) is 17.2 Å². The summed E-state index contributed by atoms with van der Waals surface area (Å²) in [5, 5.41) is 9.38. The van der Waals surface area contributed by atoms with E-state index >= 15 is 0 Å². The average Bonchev–Trinajstić information content (AvgIpc) is 2.68. The molecule has 6 heteroatoms. The highest BCUT2D eigenvalue weighted by molar-refractivity contribution is 7.93. The van der Waals surface area contributed by atoms with Crippen molar-refractivity contribution in [1.82, 2.24) is 0 Å². The molecule has 0 heterocycles. The summed E-state index contributed by atoms with van der Waals surface area (Å²) in [6.07, 6.45) is 3.24. The number of rotatable bonds is 2. The van der Waals surface area contributed by atoms with E-state index < -0.39 is 31.1 Å². The van der Waals surface area contributed by atoms with Gasteiger partial charge in [-0.05, 0) is 31.0 Å². The summed E-state index contributed by atoms with van der Waals surface area (Å²) >= 11 is 0. The minimum atomic E-state index is -4.23. The van der Waals surface area contributed by atoms with Crippen molar-refractivity contribution in [2.75, 3.05) is 0 Å². The number of hydrogen-bond acceptors (Lipinski definition) is 3. The van der Waals surface area contributed by atoms with E-state index in [2.05, 4.69) is 0 Å². The van der Waals surface area contributed by atoms with Crippen molar-refractivity contribution in [3.05, 3.63) is 29.8 Å². The Bertz CT molecular complexity index is 642. The molecule has 0 atom stereocenters. The van der Waals surface area contributed by atoms with Crippen LogP contribution in [0.5, 0.6) is 0 Å². The predicted octanol–water partition coefficient (Wildman–Crippen LogP) is 3.36. The van der Waals surface area contributed by atoms with E-state index in [1.807, 2.05) is 6.07 Å². The molecule has 0 aromatic heterocycles. The molecule has 0 radical (unpaired) electrons. The minimum absolute atomic E-state index is 0.168. The fraction of sp³-hybridized carbons (Fsp3) is 0.500. The number of halogens is 2. The molecule has 2 rings (SSSR count). The lowest BCUT2D eigenvalue weighted by molar-refractivity contribution is 0.508. The van der Waals surface area contributed by atoms with Crippen LogP contribution < -0.4 is 0 Å². The van der Waals surface area contributed by atoms with Crippen molar-refractivity contribution in [1.29, 1.82) is 5.26 Å². The van der Waals surface area contributed by atoms with E-state index in [1.165, 1.54) is 0 Å². The molecule has 0 amide bonds. The topological polar surface area (TPSA) is 57.9 Å². The Morgan fingerprint density at radius 1 is 1.10 bits per heavy atom. The van der Waals surface area contributed by atoms with E-state index in [-0.39, 0.29) is 12.8 Å². The van der Waals surface area contributed by atoms with Crippen LogP contribution in [0.25, 0.3) is 0 Å². The monoisotopic (exact) mass is 299 g/mol. The zero-order chi connectivity index (χ0) is 14.8. The summed E-state index contributed by atoms with van der Waals surface area (Å²) < 4.78 is 50.6. The Labute approximate surface area is 117 Å². The first-order valence-electron chi connectivity index (χ1n) is 6.54. The van der Waals surface area contributed by atoms with Crippen molar-refractivity contribution in [2.24, 2.45) is 0 Å². The van der Waals surface area contributed by atoms with Gasteiger partial charge in [0.2, 0.25) is 0 Å². The van der Waals surface area contributed by atoms with Crippen LogP contribution in [0, 0.1) is 23.0 Å². The molecule has 1 aliphatic carbocycles. The summed E-state index contributed by atoms with van der Waals surface area (Å²) in [4.78, 5) is -0.707. The van der Waals surface area contributed by atoms with Crippen LogP contribution in [0.3, 0.4) is 0 Å². The molecule has 1 aromatic rings. The summed E-state index contributed by atoms with van der Waals surface area (Å²) in [6.45, 7) is 0. The molecule has 0 bridgehead atoms. The standard InChI is InChI=1S/C14H15F2NO2S/c15-11-5-6-12(16)13(9-11)20(18,19)14(10-17)7-3-1-2-4-8-14/h5-6,9H,1-4,7-8H2. The summed E-state index contributed by atoms with van der Waals surface area (Å²) in [5.74, 6) is -1.84. The molecule has 0 spiro atoms. The van der Waals surface area contributed by atoms with Crippen LogP contribution >= 0.6 is 0 Å². The van der Waals surface area contributed by atoms with Crippen LogP contribution in [0.1, 0.15) is 38.5 Å². The molecule has 3 nitrogen and oxygen atoms in total. The van der Waals surface area contributed by atoms with Crippen molar-refractivity contribution in [3.8, 4) is 6.07 Å². The molecule has 0 saturated heterocycles. The average molecular weight is 299 g/mol. The minimum Gasteiger partial charge on any atom is -0.222 e. The molecule has 1 fully saturated rings. The highest BCUT2D eigenvalue weighted by Gasteiger charge is 2.46. The van der Waals surface area contributed by atoms with E-state index in [4.69, 9.17) is 0 Å². The highest BCUT2D eigenvalue weighted by atomic mass is 32.2. The molecule has 1 aromatic carbocycles. The van der Waals surface area contributed by atoms with Crippen molar-refractivity contribution >= 4 is 9.84 Å². The fourth-order valence-corrected chi connectivity index (χ4v) is 4.59. The first-order valence-corrected chi connectivity index (χ1v) is 8.02. The largest absolute Gasteiger partial charge is 0.222 e. The molecular weight excluding hydrogens is 284 g/mol. The summed E-state index contributed by atoms with van der Waals surface area (Å²) in [6, 6.07) is 4.17. The second kappa shape index (κ2) is 5.49. The van der Waals surface area contributed by atoms with Gasteiger partial charge < -0.3 is 0 Å². The lowest BCUT2D eigenvalue weighted by Gasteiger charge is -2.25. The molecule has 0 aliphatic heterocycles. The lowest BCUT2D eigenvalue weighted by Crippen LogP contribution is -2.37. The maximum absolute atomic E-state index is 13.8. The third-order valence-electron chi connectivity index (χ3n) is 3.81. The zero-order valence-corrected chi connectivity index (χ0v) is 11.7. The first-order chi connectivity index (χ1) is 9.43. The van der Waals surface area contributed by atoms with Crippen LogP contribution in [0.2, 0.25) is 0 Å². The second-order valence-electron chi connectivity index (χ2n) is 5.10. The Morgan fingerprint density at radius 3 is 2.25 bits per heavy atom. The van der Waals surface area contributed by atoms with E-state index in [9.17, 15) is 22.5 Å². The van der Waals surface area contributed by atoms with Gasteiger partial charge in [-0.3, -0.25) is 0 Å². The zero-order valence-electron chi connectivity index (χ0n) is 10.9. The van der Waals surface area contributed by atoms with Gasteiger partial charge in [-0.2, -0.15) is 5.26 Å². The summed E-state index contributed by atoms with van der Waals surface area (Å²) in [5.41, 5.74) is 0. The molecule has 108 valence electrons. The molecule has 0 unspecified atom stereocenters. The number of hydrogen-bond donors (Lipinski definition) is 0. The molecular formula is C14H15F2NO2S. The van der Waals surface area contributed by atoms with Crippen molar-refractivity contribution < 1.29 is 17.2 Å². The van der Waals surface area contributed by atoms with Gasteiger partial charge in [0, 0.05) is 0 Å². The highest BCUT2D eigenvalue weighted by Crippen LogP contribution is 2.38. The Balaban J connectivity index is 2.57. The van der Waals surface area contributed by atoms with E-state index in [0.717, 1.165) is 25.0 Å². The quantitative estimate of drug-likeness (QED) is 0.787. The van der Waals surface area contributed by atoms with Crippen LogP contribution in [0.4, 0.5) is 8.78 Å². The predicted molar refractivity (Wildman–Crippen MR) is 69.6 cm³/mol. The molecule has 20 heavy (non-hydrogen) atoms. The Kier molecular flexibility index (Phi) is 4.09. The third-order valence-corrected chi connectivity index (χ3v) is 6.23. The number of sulfone groups is 1. The second-order valence-corrected chi connectivity index (χ2v) is 7.33. The van der Waals surface area contributed by atoms with E-state index in [1.54, 1.807) is 0 Å². The molecule has 1 saturated carbocycles. The van der Waals surface area contributed by atoms with Crippen molar-refractivity contribution in [3.63, 3.8) is 0 Å². The van der Waals surface area contributed by atoms with Gasteiger partial charge in [0.1, 0.15) is 16.5 Å². The van der Waals surface area contributed by atoms with Crippen LogP contribution in [0.15, 0.2) is 23.1 Å². The fourth-order valence-electron chi connectivity index (χ4n) is 2.63. The maximum Gasteiger partial charge on any atom is 0.200 e. The summed E-state index contributed by atoms with van der Waals surface area (Å²) in [7, 11) is -4.23. The maximum atomic E-state index is 13.8. The van der Waals surface area contributed by atoms with Crippen LogP contribution in [-0.2, 0) is 9.84 Å². The normalized spacial score (nSPS) is 19.1. The van der Waals surface area contributed by atoms with Crippen molar-refractivity contribution in [2.45, 2.75) is 48.2 Å². The van der Waals surface area contributed by atoms with Gasteiger partial charge in [-0.15, -0.1) is 0 Å². The van der Waals surface area contributed by atoms with Gasteiger partial charge in [-0.1, -0.05) is 25.7 Å². The molecule has 1 aliphatic rings. The smallest absolute Gasteiger partial charge is 0.200 e. The van der Waals surface area contributed by atoms with Gasteiger partial charge in [0.05, 0.1) is 6.07 Å². The van der Waals surface area contributed by atoms with Gasteiger partial charge >= 0.3 is 0 Å². The number of nitrogens with zero attached hydrogens (tertiary/aromatic N) is 1. The first kappa shape index (κ1) is 14.9. The number of benzene rings is 1. The van der Waals surface area contributed by atoms with E-state index in [0.29, 0.717) is 18.9 Å². The third kappa shape index (κ3) is 2.42. The van der Waals surface area contributed by atoms with Crippen LogP contribution in [-0.4, -0.2) is 13.2 Å². The van der Waals surface area contributed by atoms with Gasteiger partial charge in [0.15, 0.2) is 14.6 Å². The lowest BCUT2D eigenvalue weighted by atomic mass is 10.0. The Hall–Kier alpha value is -1.48. The Morgan fingerprint density at radius 2 is 1.70 bits per heavy atom. The molecule has 0 N–H and O–H groups in total. The van der Waals surface area contributed by atoms with Gasteiger partial charge in [0.25, 0.3) is 0 Å².